The number of nitrogens with zero attached hydrogens (tertiary/aromatic N) is 6. The van der Waals surface area contributed by atoms with Crippen molar-refractivity contribution in [3.63, 3.8) is 0 Å². The number of hydrogen-bond donors (Lipinski definition) is 1. The van der Waals surface area contributed by atoms with Crippen LogP contribution in [0.1, 0.15) is 44.3 Å². The van der Waals surface area contributed by atoms with Gasteiger partial charge in [-0.2, -0.15) is 18.3 Å². The highest BCUT2D eigenvalue weighted by atomic mass is 19.4. The lowest BCUT2D eigenvalue weighted by atomic mass is 9.96. The summed E-state index contributed by atoms with van der Waals surface area (Å²) in [5.74, 6) is -2.17. The molecule has 0 amide bonds. The van der Waals surface area contributed by atoms with E-state index >= 15 is 0 Å². The summed E-state index contributed by atoms with van der Waals surface area (Å²) in [6.07, 6.45) is -2.44. The first-order valence-corrected chi connectivity index (χ1v) is 9.31. The summed E-state index contributed by atoms with van der Waals surface area (Å²) in [5.41, 5.74) is -0.972. The van der Waals surface area contributed by atoms with Crippen molar-refractivity contribution in [1.82, 2.24) is 29.7 Å². The third kappa shape index (κ3) is 3.70. The van der Waals surface area contributed by atoms with Gasteiger partial charge in [-0.1, -0.05) is 20.8 Å². The van der Waals surface area contributed by atoms with Crippen LogP contribution >= 0.6 is 0 Å². The third-order valence-electron chi connectivity index (χ3n) is 4.93. The molecule has 1 aliphatic rings. The van der Waals surface area contributed by atoms with Crippen molar-refractivity contribution in [3.8, 4) is 0 Å². The summed E-state index contributed by atoms with van der Waals surface area (Å²) in [7, 11) is 0. The molecule has 1 aliphatic heterocycles. The Kier molecular flexibility index (Phi) is 4.51. The highest BCUT2D eigenvalue weighted by Gasteiger charge is 2.40. The van der Waals surface area contributed by atoms with Gasteiger partial charge in [0.25, 0.3) is 5.92 Å². The molecular weight excluding hydrogens is 409 g/mol. The Morgan fingerprint density at radius 3 is 2.50 bits per heavy atom. The van der Waals surface area contributed by atoms with Crippen molar-refractivity contribution in [2.75, 3.05) is 18.0 Å². The fourth-order valence-electron chi connectivity index (χ4n) is 3.38. The van der Waals surface area contributed by atoms with Crippen LogP contribution in [0, 0.1) is 0 Å². The molecule has 3 aromatic heterocycles. The second-order valence-corrected chi connectivity index (χ2v) is 8.46. The maximum absolute atomic E-state index is 13.8. The van der Waals surface area contributed by atoms with Gasteiger partial charge in [0.1, 0.15) is 11.5 Å². The third-order valence-corrected chi connectivity index (χ3v) is 4.93. The molecule has 0 spiro atoms. The molecule has 0 bridgehead atoms. The molecule has 1 saturated heterocycles. The van der Waals surface area contributed by atoms with Gasteiger partial charge in [0.15, 0.2) is 17.0 Å². The Bertz CT molecular complexity index is 1080. The molecule has 4 rings (SSSR count). The number of fused-ring (bicyclic) bond motifs is 1. The van der Waals surface area contributed by atoms with E-state index in [1.165, 1.54) is 15.8 Å². The highest BCUT2D eigenvalue weighted by molar-refractivity contribution is 5.84. The first-order valence-electron chi connectivity index (χ1n) is 9.31. The van der Waals surface area contributed by atoms with Gasteiger partial charge in [0, 0.05) is 23.9 Å². The molecule has 0 saturated carbocycles. The molecule has 7 nitrogen and oxygen atoms in total. The van der Waals surface area contributed by atoms with Gasteiger partial charge >= 0.3 is 6.18 Å². The van der Waals surface area contributed by atoms with Crippen LogP contribution in [0.25, 0.3) is 11.2 Å². The lowest BCUT2D eigenvalue weighted by Crippen LogP contribution is -2.27. The van der Waals surface area contributed by atoms with Crippen LogP contribution in [0.15, 0.2) is 12.5 Å². The minimum absolute atomic E-state index is 0.0769. The quantitative estimate of drug-likeness (QED) is 0.642. The number of H-pyrrole nitrogens is 1. The Labute approximate surface area is 168 Å². The second-order valence-electron chi connectivity index (χ2n) is 8.46. The van der Waals surface area contributed by atoms with Crippen LogP contribution in [0.4, 0.5) is 27.8 Å². The summed E-state index contributed by atoms with van der Waals surface area (Å²) >= 11 is 0. The Balaban J connectivity index is 1.82. The second kappa shape index (κ2) is 6.61. The maximum Gasteiger partial charge on any atom is 0.433 e. The van der Waals surface area contributed by atoms with E-state index in [2.05, 4.69) is 20.1 Å². The van der Waals surface area contributed by atoms with E-state index < -0.39 is 29.8 Å². The normalized spacial score (nSPS) is 17.3. The first-order chi connectivity index (χ1) is 13.9. The van der Waals surface area contributed by atoms with Gasteiger partial charge in [-0.25, -0.2) is 23.7 Å². The zero-order chi connectivity index (χ0) is 21.9. The van der Waals surface area contributed by atoms with E-state index in [4.69, 9.17) is 0 Å². The molecule has 0 aromatic carbocycles. The van der Waals surface area contributed by atoms with Gasteiger partial charge < -0.3 is 9.47 Å². The lowest BCUT2D eigenvalue weighted by molar-refractivity contribution is -0.141. The number of anilines is 1. The number of aromatic nitrogens is 6. The lowest BCUT2D eigenvalue weighted by Gasteiger charge is -2.22. The van der Waals surface area contributed by atoms with Crippen molar-refractivity contribution in [3.05, 3.63) is 29.6 Å². The van der Waals surface area contributed by atoms with E-state index in [-0.39, 0.29) is 42.1 Å². The summed E-state index contributed by atoms with van der Waals surface area (Å²) in [4.78, 5) is 14.7. The smallest absolute Gasteiger partial charge is 0.348 e. The number of hydrogen-bond acceptors (Lipinski definition) is 5. The van der Waals surface area contributed by atoms with Gasteiger partial charge in [-0.15, -0.1) is 0 Å². The monoisotopic (exact) mass is 429 g/mol. The van der Waals surface area contributed by atoms with Crippen LogP contribution in [0.3, 0.4) is 0 Å². The number of aromatic amines is 1. The minimum atomic E-state index is -4.58. The number of alkyl halides is 5. The Morgan fingerprint density at radius 1 is 1.17 bits per heavy atom. The van der Waals surface area contributed by atoms with Crippen molar-refractivity contribution >= 4 is 17.0 Å². The predicted molar refractivity (Wildman–Crippen MR) is 98.5 cm³/mol. The number of rotatable bonds is 3. The molecule has 3 aromatic rings. The Hall–Kier alpha value is -2.79. The van der Waals surface area contributed by atoms with Gasteiger partial charge in [-0.3, -0.25) is 5.10 Å². The molecule has 0 radical (unpaired) electrons. The molecule has 0 unspecified atom stereocenters. The fraction of sp³-hybridized carbons (Fsp3) is 0.556. The number of nitrogens with one attached hydrogen (secondary N) is 1. The zero-order valence-corrected chi connectivity index (χ0v) is 16.6. The van der Waals surface area contributed by atoms with E-state index in [0.29, 0.717) is 5.82 Å². The summed E-state index contributed by atoms with van der Waals surface area (Å²) < 4.78 is 68.6. The standard InChI is InChI=1S/C18H20F5N7/c1-16(2,3)15-26-13(29-5-4-17(19,20)8-29)11-14(27-15)30(9-24-11)7-10-6-25-28-12(10)18(21,22)23/h6,9H,4-5,7-8H2,1-3H3,(H,25,28). The van der Waals surface area contributed by atoms with Crippen LogP contribution in [-0.2, 0) is 18.1 Å². The van der Waals surface area contributed by atoms with E-state index in [1.54, 1.807) is 0 Å². The summed E-state index contributed by atoms with van der Waals surface area (Å²) in [6.45, 7) is 5.04. The van der Waals surface area contributed by atoms with E-state index in [1.807, 2.05) is 25.9 Å². The highest BCUT2D eigenvalue weighted by Crippen LogP contribution is 2.35. The average Bonchev–Trinajstić information content (AvgIpc) is 3.32. The zero-order valence-electron chi connectivity index (χ0n) is 16.6. The van der Waals surface area contributed by atoms with E-state index in [0.717, 1.165) is 6.20 Å². The van der Waals surface area contributed by atoms with Gasteiger partial charge in [-0.05, 0) is 0 Å². The number of halogens is 5. The molecule has 30 heavy (non-hydrogen) atoms. The van der Waals surface area contributed by atoms with Crippen LogP contribution < -0.4 is 4.90 Å². The molecule has 0 atom stereocenters. The van der Waals surface area contributed by atoms with Gasteiger partial charge in [0.05, 0.1) is 25.6 Å². The maximum atomic E-state index is 13.8. The van der Waals surface area contributed by atoms with Crippen molar-refractivity contribution in [2.24, 2.45) is 0 Å². The molecule has 12 heteroatoms. The average molecular weight is 429 g/mol. The molecule has 1 fully saturated rings. The minimum Gasteiger partial charge on any atom is -0.348 e. The molecule has 1 N–H and O–H groups in total. The predicted octanol–water partition coefficient (Wildman–Crippen LogP) is 3.76. The molecular formula is C18H20F5N7. The summed E-state index contributed by atoms with van der Waals surface area (Å²) in [6, 6.07) is 0. The first kappa shape index (κ1) is 20.5. The van der Waals surface area contributed by atoms with Crippen molar-refractivity contribution in [1.29, 1.82) is 0 Å². The van der Waals surface area contributed by atoms with Gasteiger partial charge in [0.2, 0.25) is 0 Å². The Morgan fingerprint density at radius 2 is 1.90 bits per heavy atom. The van der Waals surface area contributed by atoms with Crippen molar-refractivity contribution in [2.45, 2.75) is 51.3 Å². The van der Waals surface area contributed by atoms with Crippen LogP contribution in [0.5, 0.6) is 0 Å². The van der Waals surface area contributed by atoms with Crippen LogP contribution in [-0.4, -0.2) is 48.7 Å². The topological polar surface area (TPSA) is 75.5 Å². The summed E-state index contributed by atoms with van der Waals surface area (Å²) in [5, 5.41) is 5.47. The SMILES string of the molecule is CC(C)(C)c1nc(N2CCC(F)(F)C2)c2ncn(Cc3cn[nH]c3C(F)(F)F)c2n1. The van der Waals surface area contributed by atoms with Crippen molar-refractivity contribution < 1.29 is 22.0 Å². The fourth-order valence-corrected chi connectivity index (χ4v) is 3.38. The molecule has 0 aliphatic carbocycles. The largest absolute Gasteiger partial charge is 0.433 e. The molecule has 4 heterocycles. The van der Waals surface area contributed by atoms with Crippen LogP contribution in [0.2, 0.25) is 0 Å². The molecule has 162 valence electrons. The number of imidazole rings is 1. The van der Waals surface area contributed by atoms with E-state index in [9.17, 15) is 22.0 Å².